The van der Waals surface area contributed by atoms with Crippen molar-refractivity contribution in [1.82, 2.24) is 0 Å². The standard InChI is InChI=1S/C15H19NO5.K/c16-8-9-1-3-10(4-2-9)15(20)21-11-5-6-13(17)12(7-11)14(18)19;/h5-7,9-10,17H,1-4,8,16H2,(H,18,19);/q;+1/p-1/t9-,10-;. The molecule has 0 radical (unpaired) electrons. The van der Waals surface area contributed by atoms with Crippen LogP contribution in [0.15, 0.2) is 18.2 Å². The number of carboxylic acid groups (broad SMARTS) is 1. The minimum atomic E-state index is -1.52. The van der Waals surface area contributed by atoms with Gasteiger partial charge in [0.05, 0.1) is 11.9 Å². The zero-order valence-electron chi connectivity index (χ0n) is 12.6. The second kappa shape index (κ2) is 9.00. The number of esters is 1. The summed E-state index contributed by atoms with van der Waals surface area (Å²) < 4.78 is 5.20. The Kier molecular flexibility index (Phi) is 8.02. The summed E-state index contributed by atoms with van der Waals surface area (Å²) in [6, 6.07) is 3.61. The molecule has 0 spiro atoms. The molecule has 3 N–H and O–H groups in total. The first-order valence-corrected chi connectivity index (χ1v) is 6.97. The van der Waals surface area contributed by atoms with Crippen LogP contribution < -0.4 is 67.0 Å². The maximum absolute atomic E-state index is 12.0. The first-order chi connectivity index (χ1) is 10.0. The monoisotopic (exact) mass is 331 g/mol. The van der Waals surface area contributed by atoms with Crippen LogP contribution in [0.25, 0.3) is 0 Å². The molecule has 0 heterocycles. The first-order valence-electron chi connectivity index (χ1n) is 6.97. The van der Waals surface area contributed by atoms with Gasteiger partial charge < -0.3 is 25.5 Å². The van der Waals surface area contributed by atoms with Crippen LogP contribution in [-0.2, 0) is 4.79 Å². The summed E-state index contributed by atoms with van der Waals surface area (Å²) in [5, 5.41) is 20.2. The zero-order valence-corrected chi connectivity index (χ0v) is 15.7. The Morgan fingerprint density at radius 3 is 2.45 bits per heavy atom. The van der Waals surface area contributed by atoms with Crippen LogP contribution in [0, 0.1) is 11.8 Å². The van der Waals surface area contributed by atoms with Crippen molar-refractivity contribution in [1.29, 1.82) is 0 Å². The SMILES string of the molecule is NC[C@H]1CC[C@H](C(=O)Oc2ccc(O)c(C(=O)[O-])c2)CC1.[K+]. The molecule has 1 fully saturated rings. The largest absolute Gasteiger partial charge is 1.00 e. The predicted octanol–water partition coefficient (Wildman–Crippen LogP) is -2.57. The molecule has 0 saturated heterocycles. The van der Waals surface area contributed by atoms with Gasteiger partial charge in [-0.15, -0.1) is 0 Å². The third-order valence-corrected chi connectivity index (χ3v) is 3.92. The van der Waals surface area contributed by atoms with Crippen molar-refractivity contribution in [2.45, 2.75) is 25.7 Å². The first kappa shape index (κ1) is 19.6. The molecule has 1 saturated carbocycles. The molecule has 0 aliphatic heterocycles. The van der Waals surface area contributed by atoms with Gasteiger partial charge in [-0.1, -0.05) is 0 Å². The molecule has 0 atom stereocenters. The summed E-state index contributed by atoms with van der Waals surface area (Å²) in [4.78, 5) is 22.9. The van der Waals surface area contributed by atoms with Gasteiger partial charge in [-0.2, -0.15) is 0 Å². The van der Waals surface area contributed by atoms with Crippen LogP contribution in [0.5, 0.6) is 11.5 Å². The topological polar surface area (TPSA) is 113 Å². The van der Waals surface area contributed by atoms with E-state index in [-0.39, 0.29) is 69.0 Å². The van der Waals surface area contributed by atoms with Crippen LogP contribution in [-0.4, -0.2) is 23.6 Å². The van der Waals surface area contributed by atoms with Gasteiger partial charge in [0.15, 0.2) is 0 Å². The van der Waals surface area contributed by atoms with E-state index in [1.807, 2.05) is 0 Å². The fourth-order valence-electron chi connectivity index (χ4n) is 2.58. The van der Waals surface area contributed by atoms with Gasteiger partial charge in [-0.25, -0.2) is 0 Å². The van der Waals surface area contributed by atoms with Crippen LogP contribution in [0.4, 0.5) is 0 Å². The smallest absolute Gasteiger partial charge is 0.545 e. The number of hydrogen-bond acceptors (Lipinski definition) is 6. The second-order valence-electron chi connectivity index (χ2n) is 5.34. The number of aromatic hydroxyl groups is 1. The van der Waals surface area contributed by atoms with E-state index < -0.39 is 17.3 Å². The number of rotatable bonds is 4. The Bertz CT molecular complexity index is 541. The molecule has 2 rings (SSSR count). The van der Waals surface area contributed by atoms with Crippen molar-refractivity contribution >= 4 is 11.9 Å². The number of ether oxygens (including phenoxy) is 1. The average molecular weight is 331 g/mol. The predicted molar refractivity (Wildman–Crippen MR) is 72.6 cm³/mol. The van der Waals surface area contributed by atoms with Crippen LogP contribution in [0.1, 0.15) is 36.0 Å². The molecule has 1 aliphatic rings. The van der Waals surface area contributed by atoms with Gasteiger partial charge in [0.25, 0.3) is 0 Å². The van der Waals surface area contributed by atoms with E-state index in [1.165, 1.54) is 12.1 Å². The molecule has 0 unspecified atom stereocenters. The number of benzene rings is 1. The van der Waals surface area contributed by atoms with E-state index in [0.29, 0.717) is 12.5 Å². The van der Waals surface area contributed by atoms with Crippen LogP contribution in [0.2, 0.25) is 0 Å². The molecular formula is C15H18KNO5. The average Bonchev–Trinajstić information content (AvgIpc) is 2.49. The second-order valence-corrected chi connectivity index (χ2v) is 5.34. The van der Waals surface area contributed by atoms with E-state index in [1.54, 1.807) is 0 Å². The van der Waals surface area contributed by atoms with Crippen LogP contribution in [0.3, 0.4) is 0 Å². The molecule has 22 heavy (non-hydrogen) atoms. The quantitative estimate of drug-likeness (QED) is 0.356. The molecule has 0 amide bonds. The summed E-state index contributed by atoms with van der Waals surface area (Å²) in [5.41, 5.74) is 5.21. The molecule has 0 bridgehead atoms. The summed E-state index contributed by atoms with van der Waals surface area (Å²) in [6.45, 7) is 0.634. The van der Waals surface area contributed by atoms with Crippen molar-refractivity contribution in [2.75, 3.05) is 6.54 Å². The summed E-state index contributed by atoms with van der Waals surface area (Å²) in [6.07, 6.45) is 3.25. The molecule has 1 aliphatic carbocycles. The fourth-order valence-corrected chi connectivity index (χ4v) is 2.58. The molecular weight excluding hydrogens is 313 g/mol. The van der Waals surface area contributed by atoms with Crippen molar-refractivity contribution in [3.8, 4) is 11.5 Å². The van der Waals surface area contributed by atoms with Gasteiger partial charge in [-0.05, 0) is 56.3 Å². The number of hydrogen-bond donors (Lipinski definition) is 2. The Hall–Kier alpha value is -0.444. The van der Waals surface area contributed by atoms with Crippen molar-refractivity contribution in [2.24, 2.45) is 17.6 Å². The normalized spacial score (nSPS) is 20.8. The number of aromatic carboxylic acids is 1. The third-order valence-electron chi connectivity index (χ3n) is 3.92. The van der Waals surface area contributed by atoms with E-state index in [0.717, 1.165) is 31.7 Å². The van der Waals surface area contributed by atoms with Gasteiger partial charge in [0.2, 0.25) is 0 Å². The minimum Gasteiger partial charge on any atom is -0.545 e. The number of nitrogens with two attached hydrogens (primary N) is 1. The Morgan fingerprint density at radius 2 is 1.91 bits per heavy atom. The molecule has 6 nitrogen and oxygen atoms in total. The summed E-state index contributed by atoms with van der Waals surface area (Å²) in [5.74, 6) is -1.94. The number of carbonyl (C=O) groups excluding carboxylic acids is 2. The van der Waals surface area contributed by atoms with E-state index in [9.17, 15) is 19.8 Å². The van der Waals surface area contributed by atoms with Crippen LogP contribution >= 0.6 is 0 Å². The van der Waals surface area contributed by atoms with Gasteiger partial charge in [-0.3, -0.25) is 4.79 Å². The van der Waals surface area contributed by atoms with Crippen molar-refractivity contribution in [3.05, 3.63) is 23.8 Å². The third kappa shape index (κ3) is 5.04. The maximum Gasteiger partial charge on any atom is 1.00 e. The molecule has 0 aromatic heterocycles. The fraction of sp³-hybridized carbons (Fsp3) is 0.467. The van der Waals surface area contributed by atoms with E-state index >= 15 is 0 Å². The zero-order chi connectivity index (χ0) is 15.4. The Labute approximate surface area is 171 Å². The maximum atomic E-state index is 12.0. The number of phenols is 1. The van der Waals surface area contributed by atoms with Gasteiger partial charge >= 0.3 is 57.4 Å². The molecule has 1 aromatic carbocycles. The van der Waals surface area contributed by atoms with Crippen molar-refractivity contribution in [3.63, 3.8) is 0 Å². The Balaban J connectivity index is 0.00000242. The molecule has 114 valence electrons. The van der Waals surface area contributed by atoms with Crippen molar-refractivity contribution < 1.29 is 75.9 Å². The minimum absolute atomic E-state index is 0. The van der Waals surface area contributed by atoms with E-state index in [4.69, 9.17) is 10.5 Å². The summed E-state index contributed by atoms with van der Waals surface area (Å²) in [7, 11) is 0. The number of carbonyl (C=O) groups is 2. The number of carboxylic acids is 1. The van der Waals surface area contributed by atoms with Gasteiger partial charge in [0, 0.05) is 5.56 Å². The Morgan fingerprint density at radius 1 is 1.27 bits per heavy atom. The summed E-state index contributed by atoms with van der Waals surface area (Å²) >= 11 is 0. The van der Waals surface area contributed by atoms with E-state index in [2.05, 4.69) is 0 Å². The van der Waals surface area contributed by atoms with Gasteiger partial charge in [0.1, 0.15) is 11.5 Å². The molecule has 1 aromatic rings. The molecule has 7 heteroatoms.